The van der Waals surface area contributed by atoms with Gasteiger partial charge in [-0.25, -0.2) is 9.80 Å². The minimum Gasteiger partial charge on any atom is -0.423 e. The van der Waals surface area contributed by atoms with Crippen molar-refractivity contribution in [1.29, 1.82) is 0 Å². The molecule has 4 atom stereocenters. The van der Waals surface area contributed by atoms with Crippen LogP contribution in [0, 0.1) is 22.0 Å². The molecule has 1 heterocycles. The number of nitro benzene ring substituents is 1. The molecule has 11 nitrogen and oxygen atoms in total. The number of benzene rings is 3. The third kappa shape index (κ3) is 6.52. The molecule has 0 N–H and O–H groups in total. The summed E-state index contributed by atoms with van der Waals surface area (Å²) in [5.74, 6) is -4.41. The first-order valence-electron chi connectivity index (χ1n) is 13.3. The summed E-state index contributed by atoms with van der Waals surface area (Å²) in [6.45, 7) is -0.666. The molecule has 2 aliphatic rings. The van der Waals surface area contributed by atoms with Gasteiger partial charge in [-0.1, -0.05) is 47.8 Å². The van der Waals surface area contributed by atoms with E-state index in [9.17, 15) is 34.1 Å². The summed E-state index contributed by atoms with van der Waals surface area (Å²) >= 11 is 10.4. The molecule has 0 bridgehead atoms. The number of alkyl halides is 2. The molecule has 226 valence electrons. The van der Waals surface area contributed by atoms with Crippen molar-refractivity contribution in [1.82, 2.24) is 10.0 Å². The molecular weight excluding hydrogens is 770 g/mol. The van der Waals surface area contributed by atoms with Crippen molar-refractivity contribution in [3.8, 4) is 5.75 Å². The number of imide groups is 1. The number of fused-ring (bicyclic) bond motifs is 1. The fraction of sp³-hybridized carbons (Fsp3) is 0.233. The van der Waals surface area contributed by atoms with Gasteiger partial charge >= 0.3 is 5.97 Å². The molecule has 1 aliphatic heterocycles. The van der Waals surface area contributed by atoms with Crippen molar-refractivity contribution in [2.45, 2.75) is 22.5 Å². The van der Waals surface area contributed by atoms with Crippen molar-refractivity contribution in [2.24, 2.45) is 11.8 Å². The lowest BCUT2D eigenvalue weighted by Crippen LogP contribution is -2.52. The number of carbonyl (C=O) groups is 5. The Kier molecular flexibility index (Phi) is 9.42. The normalized spacial score (nSPS) is 21.0. The first kappa shape index (κ1) is 31.7. The summed E-state index contributed by atoms with van der Waals surface area (Å²) in [4.78, 5) is 77.1. The largest absolute Gasteiger partial charge is 0.423 e. The van der Waals surface area contributed by atoms with E-state index in [1.807, 2.05) is 0 Å². The highest BCUT2D eigenvalue weighted by atomic mass is 79.9. The molecule has 0 aromatic heterocycles. The van der Waals surface area contributed by atoms with Crippen molar-refractivity contribution < 1.29 is 33.6 Å². The van der Waals surface area contributed by atoms with Gasteiger partial charge in [0.15, 0.2) is 5.78 Å². The average molecular weight is 792 g/mol. The average Bonchev–Trinajstić information content (AvgIpc) is 3.24. The highest BCUT2D eigenvalue weighted by Gasteiger charge is 2.54. The second-order valence-electron chi connectivity index (χ2n) is 10.2. The Hall–Kier alpha value is -3.75. The summed E-state index contributed by atoms with van der Waals surface area (Å²) < 4.78 is 6.18. The van der Waals surface area contributed by atoms with Crippen molar-refractivity contribution in [3.05, 3.63) is 104 Å². The number of ether oxygens (including phenoxy) is 1. The van der Waals surface area contributed by atoms with Crippen LogP contribution in [-0.4, -0.2) is 60.6 Å². The maximum atomic E-state index is 13.7. The van der Waals surface area contributed by atoms with Gasteiger partial charge in [-0.05, 0) is 73.5 Å². The van der Waals surface area contributed by atoms with Crippen LogP contribution in [0.25, 0.3) is 0 Å². The quantitative estimate of drug-likeness (QED) is 0.0535. The fourth-order valence-electron chi connectivity index (χ4n) is 5.11. The summed E-state index contributed by atoms with van der Waals surface area (Å²) in [5.41, 5.74) is 0.154. The van der Waals surface area contributed by atoms with E-state index in [2.05, 4.69) is 47.8 Å². The molecule has 0 radical (unpaired) electrons. The molecule has 1 aliphatic carbocycles. The number of esters is 1. The van der Waals surface area contributed by atoms with Gasteiger partial charge in [-0.2, -0.15) is 5.01 Å². The number of hydrogen-bond donors (Lipinski definition) is 0. The maximum Gasteiger partial charge on any atom is 0.343 e. The topological polar surface area (TPSA) is 144 Å². The molecular formula is C30H22Br3N3O8. The van der Waals surface area contributed by atoms with Crippen LogP contribution >= 0.6 is 47.8 Å². The third-order valence-electron chi connectivity index (χ3n) is 7.45. The molecule has 1 saturated heterocycles. The van der Waals surface area contributed by atoms with Crippen LogP contribution in [0.4, 0.5) is 5.69 Å². The summed E-state index contributed by atoms with van der Waals surface area (Å²) in [5, 5.41) is 12.7. The monoisotopic (exact) mass is 789 g/mol. The van der Waals surface area contributed by atoms with Crippen LogP contribution in [0.15, 0.2) is 77.3 Å². The summed E-state index contributed by atoms with van der Waals surface area (Å²) in [7, 11) is 0. The molecule has 5 rings (SSSR count). The van der Waals surface area contributed by atoms with Crippen LogP contribution < -0.4 is 4.74 Å². The van der Waals surface area contributed by atoms with Gasteiger partial charge in [0.25, 0.3) is 23.4 Å². The smallest absolute Gasteiger partial charge is 0.343 e. The first-order valence-corrected chi connectivity index (χ1v) is 15.9. The number of nitrogens with zero attached hydrogens (tertiary/aromatic N) is 3. The van der Waals surface area contributed by atoms with Crippen LogP contribution in [0.1, 0.15) is 43.9 Å². The number of halogens is 3. The van der Waals surface area contributed by atoms with Crippen LogP contribution in [0.2, 0.25) is 0 Å². The van der Waals surface area contributed by atoms with E-state index in [1.54, 1.807) is 24.3 Å². The van der Waals surface area contributed by atoms with Crippen LogP contribution in [0.3, 0.4) is 0 Å². The highest BCUT2D eigenvalue weighted by Crippen LogP contribution is 2.43. The number of Topliss-reactive ketones (excluding diaryl/α,β-unsaturated/α-hetero) is 1. The van der Waals surface area contributed by atoms with Gasteiger partial charge < -0.3 is 4.74 Å². The molecule has 3 amide bonds. The van der Waals surface area contributed by atoms with Crippen LogP contribution in [-0.2, 0) is 9.59 Å². The molecule has 1 saturated carbocycles. The Bertz CT molecular complexity index is 1620. The Morgan fingerprint density at radius 2 is 1.32 bits per heavy atom. The van der Waals surface area contributed by atoms with Crippen molar-refractivity contribution in [3.63, 3.8) is 0 Å². The molecule has 44 heavy (non-hydrogen) atoms. The summed E-state index contributed by atoms with van der Waals surface area (Å²) in [6, 6.07) is 16.9. The second kappa shape index (κ2) is 13.1. The predicted octanol–water partition coefficient (Wildman–Crippen LogP) is 5.74. The number of amides is 3. The fourth-order valence-corrected chi connectivity index (χ4v) is 6.61. The SMILES string of the molecule is O=C(CN(C(=O)c1ccc([N+](=O)[O-])cc1)N1C(=O)[C@H]2C[C@H](Br)[C@@H](Br)C[C@H]2C1=O)c1ccc(OC(=O)c2ccc(Br)cc2)cc1. The van der Waals surface area contributed by atoms with Gasteiger partial charge in [0, 0.05) is 37.4 Å². The Morgan fingerprint density at radius 1 is 0.818 bits per heavy atom. The molecule has 14 heteroatoms. The van der Waals surface area contributed by atoms with Crippen molar-refractivity contribution in [2.75, 3.05) is 6.54 Å². The van der Waals surface area contributed by atoms with E-state index in [0.717, 1.165) is 26.6 Å². The summed E-state index contributed by atoms with van der Waals surface area (Å²) in [6.07, 6.45) is 0.713. The van der Waals surface area contributed by atoms with E-state index < -0.39 is 52.8 Å². The number of hydrogen-bond acceptors (Lipinski definition) is 8. The second-order valence-corrected chi connectivity index (χ2v) is 13.5. The van der Waals surface area contributed by atoms with E-state index >= 15 is 0 Å². The highest BCUT2D eigenvalue weighted by molar-refractivity contribution is 9.12. The number of hydrazine groups is 1. The van der Waals surface area contributed by atoms with E-state index in [4.69, 9.17) is 4.74 Å². The van der Waals surface area contributed by atoms with Gasteiger partial charge in [0.05, 0.1) is 22.3 Å². The Labute approximate surface area is 276 Å². The lowest BCUT2D eigenvalue weighted by Gasteiger charge is -2.30. The van der Waals surface area contributed by atoms with Crippen LogP contribution in [0.5, 0.6) is 5.75 Å². The Balaban J connectivity index is 1.39. The lowest BCUT2D eigenvalue weighted by atomic mass is 9.81. The van der Waals surface area contributed by atoms with E-state index in [1.165, 1.54) is 36.4 Å². The van der Waals surface area contributed by atoms with Gasteiger partial charge in [0.1, 0.15) is 12.3 Å². The Morgan fingerprint density at radius 3 is 1.84 bits per heavy atom. The minimum atomic E-state index is -0.848. The number of rotatable bonds is 8. The zero-order valence-corrected chi connectivity index (χ0v) is 27.4. The zero-order chi connectivity index (χ0) is 31.7. The standard InChI is InChI=1S/C30H22Br3N3O8/c31-19-7-1-18(2-8-19)30(41)44-21-11-5-16(6-12-21)26(37)15-34(27(38)17-3-9-20(10-4-17)36(42)43)35-28(39)22-13-24(32)25(33)14-23(22)29(35)40/h1-12,22-25H,13-15H2/t22-,23+,24-,25-/m0/s1. The number of nitro groups is 1. The molecule has 3 aromatic rings. The van der Waals surface area contributed by atoms with E-state index in [-0.39, 0.29) is 32.2 Å². The van der Waals surface area contributed by atoms with Gasteiger partial charge in [-0.3, -0.25) is 29.3 Å². The minimum absolute atomic E-state index is 0.0502. The maximum absolute atomic E-state index is 13.7. The predicted molar refractivity (Wildman–Crippen MR) is 168 cm³/mol. The van der Waals surface area contributed by atoms with Crippen molar-refractivity contribution >= 4 is 83.0 Å². The van der Waals surface area contributed by atoms with E-state index in [0.29, 0.717) is 18.4 Å². The number of non-ortho nitro benzene ring substituents is 1. The zero-order valence-electron chi connectivity index (χ0n) is 22.6. The molecule has 2 fully saturated rings. The molecule has 0 unspecified atom stereocenters. The third-order valence-corrected chi connectivity index (χ3v) is 10.7. The first-order chi connectivity index (χ1) is 20.9. The number of ketones is 1. The number of carbonyl (C=O) groups excluding carboxylic acids is 5. The lowest BCUT2D eigenvalue weighted by molar-refractivity contribution is -0.384. The van der Waals surface area contributed by atoms with Gasteiger partial charge in [-0.15, -0.1) is 0 Å². The van der Waals surface area contributed by atoms with Gasteiger partial charge in [0.2, 0.25) is 0 Å². The molecule has 3 aromatic carbocycles. The molecule has 0 spiro atoms.